The molecule has 0 aromatic rings. The van der Waals surface area contributed by atoms with Gasteiger partial charge >= 0.3 is 11.9 Å². The number of hydrogen-bond donors (Lipinski definition) is 5. The van der Waals surface area contributed by atoms with E-state index in [0.29, 0.717) is 19.3 Å². The minimum atomic E-state index is -1.18. The molecule has 2 atom stereocenters. The lowest BCUT2D eigenvalue weighted by Gasteiger charge is -2.18. The first-order chi connectivity index (χ1) is 19.5. The second kappa shape index (κ2) is 25.6. The Balaban J connectivity index is 3.77. The first-order valence-corrected chi connectivity index (χ1v) is 16.2. The molecule has 9 nitrogen and oxygen atoms in total. The van der Waals surface area contributed by atoms with Crippen LogP contribution < -0.4 is 10.6 Å². The zero-order valence-corrected chi connectivity index (χ0v) is 26.4. The van der Waals surface area contributed by atoms with Crippen LogP contribution in [0.5, 0.6) is 0 Å². The number of carboxylic acids is 2. The smallest absolute Gasteiger partial charge is 0.326 e. The predicted octanol–water partition coefficient (Wildman–Crippen LogP) is 6.43. The lowest BCUT2D eigenvalue weighted by molar-refractivity contribution is -0.142. The van der Waals surface area contributed by atoms with Crippen LogP contribution in [0.3, 0.4) is 0 Å². The second-order valence-electron chi connectivity index (χ2n) is 11.6. The molecule has 0 spiro atoms. The van der Waals surface area contributed by atoms with Gasteiger partial charge in [-0.15, -0.1) is 12.6 Å². The molecule has 0 rings (SSSR count). The quantitative estimate of drug-likeness (QED) is 0.0513. The molecule has 0 aliphatic heterocycles. The van der Waals surface area contributed by atoms with Crippen LogP contribution in [0.2, 0.25) is 0 Å². The highest BCUT2D eigenvalue weighted by molar-refractivity contribution is 7.96. The van der Waals surface area contributed by atoms with Crippen molar-refractivity contribution in [1.82, 2.24) is 10.6 Å². The molecule has 0 aliphatic rings. The molecule has 10 heteroatoms. The van der Waals surface area contributed by atoms with Gasteiger partial charge in [0, 0.05) is 19.3 Å². The van der Waals surface area contributed by atoms with Gasteiger partial charge in [-0.05, 0) is 31.6 Å². The minimum Gasteiger partial charge on any atom is -0.481 e. The van der Waals surface area contributed by atoms with Gasteiger partial charge in [0.1, 0.15) is 6.04 Å². The zero-order valence-electron chi connectivity index (χ0n) is 25.5. The summed E-state index contributed by atoms with van der Waals surface area (Å²) in [6.07, 6.45) is 18.9. The number of rotatable bonds is 28. The summed E-state index contributed by atoms with van der Waals surface area (Å²) in [6.45, 7) is 3.85. The van der Waals surface area contributed by atoms with E-state index >= 15 is 0 Å². The Bertz CT molecular complexity index is 761. The van der Waals surface area contributed by atoms with Crippen LogP contribution >= 0.6 is 12.6 Å². The van der Waals surface area contributed by atoms with Gasteiger partial charge in [-0.3, -0.25) is 19.2 Å². The third-order valence-electron chi connectivity index (χ3n) is 7.18. The van der Waals surface area contributed by atoms with Gasteiger partial charge < -0.3 is 20.8 Å². The van der Waals surface area contributed by atoms with Gasteiger partial charge in [0.2, 0.25) is 16.9 Å². The molecule has 2 amide bonds. The third kappa shape index (κ3) is 25.3. The SMILES string of the molecule is CC(C)C[C@H](NC(=O)CC[C@H](NC(=O)CCCCCCCCCCCCCCCCCCC(=O)O)C(=O)O)C(=O)S. The topological polar surface area (TPSA) is 150 Å². The number of thiol groups is 1. The number of carbonyl (C=O) groups excluding carboxylic acids is 3. The van der Waals surface area contributed by atoms with Crippen molar-refractivity contribution >= 4 is 41.5 Å². The number of unbranched alkanes of at least 4 members (excludes halogenated alkanes) is 15. The third-order valence-corrected chi connectivity index (χ3v) is 7.49. The number of amides is 2. The van der Waals surface area contributed by atoms with Crippen molar-refractivity contribution in [1.29, 1.82) is 0 Å². The zero-order chi connectivity index (χ0) is 30.9. The van der Waals surface area contributed by atoms with E-state index < -0.39 is 35.0 Å². The molecular weight excluding hydrogens is 544 g/mol. The molecule has 0 saturated heterocycles. The predicted molar refractivity (Wildman–Crippen MR) is 165 cm³/mol. The molecule has 0 bridgehead atoms. The first-order valence-electron chi connectivity index (χ1n) is 15.8. The molecular formula is C31H56N2O7S. The average Bonchev–Trinajstić information content (AvgIpc) is 2.89. The van der Waals surface area contributed by atoms with Gasteiger partial charge in [0.05, 0.1) is 6.04 Å². The molecule has 0 aromatic heterocycles. The van der Waals surface area contributed by atoms with Crippen LogP contribution in [0.25, 0.3) is 0 Å². The van der Waals surface area contributed by atoms with Crippen LogP contribution in [0, 0.1) is 5.92 Å². The van der Waals surface area contributed by atoms with E-state index in [2.05, 4.69) is 23.3 Å². The molecule has 0 aliphatic carbocycles. The molecule has 0 fully saturated rings. The van der Waals surface area contributed by atoms with Crippen molar-refractivity contribution in [3.63, 3.8) is 0 Å². The van der Waals surface area contributed by atoms with E-state index in [0.717, 1.165) is 38.5 Å². The normalized spacial score (nSPS) is 12.6. The van der Waals surface area contributed by atoms with Gasteiger partial charge in [-0.1, -0.05) is 104 Å². The highest BCUT2D eigenvalue weighted by Crippen LogP contribution is 2.15. The molecule has 41 heavy (non-hydrogen) atoms. The summed E-state index contributed by atoms with van der Waals surface area (Å²) in [4.78, 5) is 58.0. The van der Waals surface area contributed by atoms with E-state index in [1.165, 1.54) is 57.8 Å². The molecule has 0 saturated carbocycles. The van der Waals surface area contributed by atoms with Crippen molar-refractivity contribution < 1.29 is 34.2 Å². The number of nitrogens with one attached hydrogen (secondary N) is 2. The van der Waals surface area contributed by atoms with Crippen molar-refractivity contribution in [2.24, 2.45) is 5.92 Å². The minimum absolute atomic E-state index is 0.0434. The van der Waals surface area contributed by atoms with Crippen LogP contribution in [0.1, 0.15) is 149 Å². The lowest BCUT2D eigenvalue weighted by Crippen LogP contribution is -2.43. The Morgan fingerprint density at radius 1 is 0.561 bits per heavy atom. The number of carboxylic acid groups (broad SMARTS) is 2. The van der Waals surface area contributed by atoms with Crippen molar-refractivity contribution in [3.8, 4) is 0 Å². The monoisotopic (exact) mass is 600 g/mol. The largest absolute Gasteiger partial charge is 0.481 e. The van der Waals surface area contributed by atoms with Crippen LogP contribution in [0.15, 0.2) is 0 Å². The first kappa shape index (κ1) is 38.9. The maximum Gasteiger partial charge on any atom is 0.326 e. The summed E-state index contributed by atoms with van der Waals surface area (Å²) in [5.41, 5.74) is 0. The summed E-state index contributed by atoms with van der Waals surface area (Å²) >= 11 is 3.81. The van der Waals surface area contributed by atoms with Gasteiger partial charge in [0.15, 0.2) is 0 Å². The van der Waals surface area contributed by atoms with Crippen LogP contribution in [-0.2, 0) is 24.0 Å². The fourth-order valence-electron chi connectivity index (χ4n) is 4.80. The molecule has 0 radical (unpaired) electrons. The standard InChI is InChI=1S/C31H56N2O7S/c1-24(2)23-26(31(40)41)33-28(35)22-21-25(30(38)39)32-27(34)19-17-15-13-11-9-7-5-3-4-6-8-10-12-14-16-18-20-29(36)37/h24-26H,3-23H2,1-2H3,(H,32,34)(H,33,35)(H,36,37)(H,38,39)(H,40,41)/t25-,26-/m0/s1. The Morgan fingerprint density at radius 2 is 0.927 bits per heavy atom. The van der Waals surface area contributed by atoms with Crippen molar-refractivity contribution in [2.45, 2.75) is 161 Å². The Labute approximate surface area is 252 Å². The molecule has 0 heterocycles. The van der Waals surface area contributed by atoms with E-state index in [4.69, 9.17) is 5.11 Å². The Hall–Kier alpha value is -2.10. The summed E-state index contributed by atoms with van der Waals surface area (Å²) in [5.74, 6) is -2.44. The van der Waals surface area contributed by atoms with Gasteiger partial charge in [-0.25, -0.2) is 4.79 Å². The molecule has 0 aromatic carbocycles. The van der Waals surface area contributed by atoms with Crippen LogP contribution in [0.4, 0.5) is 0 Å². The maximum absolute atomic E-state index is 12.2. The number of hydrogen-bond acceptors (Lipinski definition) is 5. The summed E-state index contributed by atoms with van der Waals surface area (Å²) in [6, 6.07) is -1.85. The summed E-state index contributed by atoms with van der Waals surface area (Å²) in [5, 5.41) is 22.7. The Morgan fingerprint density at radius 3 is 1.29 bits per heavy atom. The number of carbonyl (C=O) groups is 5. The van der Waals surface area contributed by atoms with E-state index in [1.807, 2.05) is 13.8 Å². The van der Waals surface area contributed by atoms with Crippen molar-refractivity contribution in [3.05, 3.63) is 0 Å². The van der Waals surface area contributed by atoms with Gasteiger partial charge in [-0.2, -0.15) is 0 Å². The second-order valence-corrected chi connectivity index (χ2v) is 12.1. The van der Waals surface area contributed by atoms with Gasteiger partial charge in [0.25, 0.3) is 0 Å². The molecule has 0 unspecified atom stereocenters. The fourth-order valence-corrected chi connectivity index (χ4v) is 4.97. The highest BCUT2D eigenvalue weighted by Gasteiger charge is 2.23. The average molecular weight is 601 g/mol. The summed E-state index contributed by atoms with van der Waals surface area (Å²) < 4.78 is 0. The fraction of sp³-hybridized carbons (Fsp3) is 0.839. The summed E-state index contributed by atoms with van der Waals surface area (Å²) in [7, 11) is 0. The lowest BCUT2D eigenvalue weighted by atomic mass is 10.0. The molecule has 4 N–H and O–H groups in total. The Kier molecular flexibility index (Phi) is 24.3. The maximum atomic E-state index is 12.2. The highest BCUT2D eigenvalue weighted by atomic mass is 32.1. The van der Waals surface area contributed by atoms with Crippen LogP contribution in [-0.4, -0.2) is 51.2 Å². The molecule has 238 valence electrons. The van der Waals surface area contributed by atoms with E-state index in [-0.39, 0.29) is 31.1 Å². The van der Waals surface area contributed by atoms with Crippen molar-refractivity contribution in [2.75, 3.05) is 0 Å². The number of aliphatic carboxylic acids is 2. The van der Waals surface area contributed by atoms with E-state index in [1.54, 1.807) is 0 Å². The van der Waals surface area contributed by atoms with E-state index in [9.17, 15) is 29.1 Å².